The van der Waals surface area contributed by atoms with Gasteiger partial charge in [0.05, 0.1) is 17.4 Å². The molecule has 2 N–H and O–H groups in total. The van der Waals surface area contributed by atoms with Crippen molar-refractivity contribution in [2.45, 2.75) is 32.1 Å². The molecule has 6 rings (SSSR count). The number of amides is 2. The van der Waals surface area contributed by atoms with Gasteiger partial charge in [-0.2, -0.15) is 5.10 Å². The predicted octanol–water partition coefficient (Wildman–Crippen LogP) is 5.54. The predicted molar refractivity (Wildman–Crippen MR) is 169 cm³/mol. The number of likely N-dealkylation sites (N-methyl/N-ethyl adjacent to an activating group) is 1. The molecule has 220 valence electrons. The summed E-state index contributed by atoms with van der Waals surface area (Å²) in [5.41, 5.74) is 5.33. The number of aryl methyl sites for hydroxylation is 1. The summed E-state index contributed by atoms with van der Waals surface area (Å²) in [5, 5.41) is 11.1. The number of piperazine rings is 1. The Kier molecular flexibility index (Phi) is 8.60. The van der Waals surface area contributed by atoms with Crippen LogP contribution in [0.2, 0.25) is 0 Å². The third-order valence-corrected chi connectivity index (χ3v) is 8.09. The molecule has 0 aliphatic carbocycles. The van der Waals surface area contributed by atoms with Gasteiger partial charge in [0.1, 0.15) is 0 Å². The van der Waals surface area contributed by atoms with Gasteiger partial charge in [-0.25, -0.2) is 4.98 Å². The zero-order valence-electron chi connectivity index (χ0n) is 24.5. The van der Waals surface area contributed by atoms with Crippen LogP contribution in [0.1, 0.15) is 41.7 Å². The molecule has 2 aromatic heterocycles. The van der Waals surface area contributed by atoms with Gasteiger partial charge in [-0.3, -0.25) is 24.6 Å². The first-order chi connectivity index (χ1) is 21.0. The van der Waals surface area contributed by atoms with E-state index >= 15 is 0 Å². The zero-order chi connectivity index (χ0) is 29.6. The molecule has 1 saturated heterocycles. The highest BCUT2D eigenvalue weighted by molar-refractivity contribution is 6.04. The first-order valence-corrected chi connectivity index (χ1v) is 15.0. The minimum atomic E-state index is -0.219. The molecule has 0 bridgehead atoms. The van der Waals surface area contributed by atoms with Crippen molar-refractivity contribution in [1.82, 2.24) is 29.5 Å². The number of hydrogen-bond acceptors (Lipinski definition) is 5. The lowest BCUT2D eigenvalue weighted by Gasteiger charge is -2.32. The maximum absolute atomic E-state index is 13.5. The van der Waals surface area contributed by atoms with Gasteiger partial charge in [0.2, 0.25) is 11.9 Å². The Labute approximate surface area is 251 Å². The van der Waals surface area contributed by atoms with Crippen LogP contribution in [-0.2, 0) is 11.2 Å². The summed E-state index contributed by atoms with van der Waals surface area (Å²) in [5.74, 6) is 0.530. The number of rotatable bonds is 10. The lowest BCUT2D eigenvalue weighted by molar-refractivity contribution is -0.132. The number of nitrogens with one attached hydrogen (secondary N) is 2. The highest BCUT2D eigenvalue weighted by Crippen LogP contribution is 2.25. The SMILES string of the molecule is CN1CCN(C(=O)CCCCCc2cn(-c3ccccc3)c(NC(=O)c3cccc(-c4ccc5[nH]ncc5c4)c3)n2)CC1. The molecule has 2 amide bonds. The minimum Gasteiger partial charge on any atom is -0.340 e. The summed E-state index contributed by atoms with van der Waals surface area (Å²) in [6.45, 7) is 3.54. The smallest absolute Gasteiger partial charge is 0.258 e. The van der Waals surface area contributed by atoms with Gasteiger partial charge >= 0.3 is 0 Å². The molecular formula is C34H37N7O2. The number of anilines is 1. The molecule has 0 atom stereocenters. The third-order valence-electron chi connectivity index (χ3n) is 8.09. The summed E-state index contributed by atoms with van der Waals surface area (Å²) in [6.07, 6.45) is 7.92. The maximum Gasteiger partial charge on any atom is 0.258 e. The van der Waals surface area contributed by atoms with E-state index in [1.165, 1.54) is 0 Å². The number of aromatic amines is 1. The fourth-order valence-electron chi connectivity index (χ4n) is 5.53. The van der Waals surface area contributed by atoms with Crippen molar-refractivity contribution in [3.8, 4) is 16.8 Å². The van der Waals surface area contributed by atoms with Crippen LogP contribution in [-0.4, -0.2) is 74.6 Å². The second-order valence-electron chi connectivity index (χ2n) is 11.2. The van der Waals surface area contributed by atoms with Crippen LogP contribution in [0.3, 0.4) is 0 Å². The molecule has 0 spiro atoms. The Morgan fingerprint density at radius 1 is 0.884 bits per heavy atom. The Balaban J connectivity index is 1.11. The van der Waals surface area contributed by atoms with E-state index in [0.717, 1.165) is 85.3 Å². The standard InChI is InChI=1S/C34H37N7O2/c1-39-17-19-40(20-18-39)32(42)14-7-2-4-11-29-24-41(30-12-5-3-6-13-30)34(36-29)37-33(43)27-10-8-9-25(21-27)26-15-16-31-28(22-26)23-35-38-31/h3,5-6,8-10,12-13,15-16,21-24H,2,4,7,11,14,17-20H2,1H3,(H,35,38)(H,36,37,43). The average Bonchev–Trinajstić information content (AvgIpc) is 3.68. The molecule has 0 radical (unpaired) electrons. The van der Waals surface area contributed by atoms with Crippen molar-refractivity contribution in [2.24, 2.45) is 0 Å². The number of fused-ring (bicyclic) bond motifs is 1. The molecule has 9 nitrogen and oxygen atoms in total. The van der Waals surface area contributed by atoms with Gasteiger partial charge < -0.3 is 9.80 Å². The molecule has 0 saturated carbocycles. The number of H-pyrrole nitrogens is 1. The van der Waals surface area contributed by atoms with E-state index in [0.29, 0.717) is 17.9 Å². The number of imidazole rings is 1. The van der Waals surface area contributed by atoms with E-state index < -0.39 is 0 Å². The van der Waals surface area contributed by atoms with Crippen molar-refractivity contribution in [3.63, 3.8) is 0 Å². The van der Waals surface area contributed by atoms with Gasteiger partial charge in [-0.1, -0.05) is 42.8 Å². The van der Waals surface area contributed by atoms with Crippen LogP contribution in [0.15, 0.2) is 85.2 Å². The van der Waals surface area contributed by atoms with E-state index in [1.807, 2.05) is 82.4 Å². The number of aromatic nitrogens is 4. The Hall–Kier alpha value is -4.76. The lowest BCUT2D eigenvalue weighted by atomic mass is 10.0. The Morgan fingerprint density at radius 3 is 2.53 bits per heavy atom. The van der Waals surface area contributed by atoms with Gasteiger partial charge in [0.25, 0.3) is 5.91 Å². The second-order valence-corrected chi connectivity index (χ2v) is 11.2. The van der Waals surface area contributed by atoms with Crippen molar-refractivity contribution >= 4 is 28.7 Å². The van der Waals surface area contributed by atoms with Crippen LogP contribution in [0.5, 0.6) is 0 Å². The molecule has 5 aromatic rings. The number of carbonyl (C=O) groups is 2. The third kappa shape index (κ3) is 6.84. The molecule has 0 unspecified atom stereocenters. The van der Waals surface area contributed by atoms with Crippen molar-refractivity contribution in [3.05, 3.63) is 96.4 Å². The van der Waals surface area contributed by atoms with Gasteiger partial charge in [-0.15, -0.1) is 0 Å². The molecule has 1 aliphatic heterocycles. The first kappa shape index (κ1) is 28.4. The quantitative estimate of drug-likeness (QED) is 0.213. The molecule has 3 aromatic carbocycles. The van der Waals surface area contributed by atoms with E-state index in [-0.39, 0.29) is 11.8 Å². The fourth-order valence-corrected chi connectivity index (χ4v) is 5.53. The van der Waals surface area contributed by atoms with Crippen molar-refractivity contribution in [1.29, 1.82) is 0 Å². The van der Waals surface area contributed by atoms with E-state index in [1.54, 1.807) is 6.20 Å². The summed E-state index contributed by atoms with van der Waals surface area (Å²) in [7, 11) is 2.10. The highest BCUT2D eigenvalue weighted by atomic mass is 16.2. The molecular weight excluding hydrogens is 538 g/mol. The molecule has 1 fully saturated rings. The van der Waals surface area contributed by atoms with Crippen LogP contribution in [0, 0.1) is 0 Å². The molecule has 3 heterocycles. The first-order valence-electron chi connectivity index (χ1n) is 15.0. The Bertz CT molecular complexity index is 1700. The number of benzene rings is 3. The Morgan fingerprint density at radius 2 is 1.70 bits per heavy atom. The highest BCUT2D eigenvalue weighted by Gasteiger charge is 2.19. The number of nitrogens with zero attached hydrogens (tertiary/aromatic N) is 5. The largest absolute Gasteiger partial charge is 0.340 e. The fraction of sp³-hybridized carbons (Fsp3) is 0.294. The normalized spacial score (nSPS) is 13.8. The van der Waals surface area contributed by atoms with Gasteiger partial charge in [0.15, 0.2) is 0 Å². The van der Waals surface area contributed by atoms with Crippen molar-refractivity contribution in [2.75, 3.05) is 38.5 Å². The molecule has 1 aliphatic rings. The van der Waals surface area contributed by atoms with E-state index in [2.05, 4.69) is 33.5 Å². The maximum atomic E-state index is 13.5. The topological polar surface area (TPSA) is 99.2 Å². The van der Waals surface area contributed by atoms with Crippen LogP contribution in [0.25, 0.3) is 27.7 Å². The molecule has 9 heteroatoms. The van der Waals surface area contributed by atoms with Crippen LogP contribution >= 0.6 is 0 Å². The van der Waals surface area contributed by atoms with Crippen LogP contribution in [0.4, 0.5) is 5.95 Å². The average molecular weight is 576 g/mol. The van der Waals surface area contributed by atoms with E-state index in [4.69, 9.17) is 4.98 Å². The number of carbonyl (C=O) groups excluding carboxylic acids is 2. The summed E-state index contributed by atoms with van der Waals surface area (Å²) in [6, 6.07) is 23.6. The summed E-state index contributed by atoms with van der Waals surface area (Å²) < 4.78 is 1.93. The summed E-state index contributed by atoms with van der Waals surface area (Å²) in [4.78, 5) is 35.1. The monoisotopic (exact) mass is 575 g/mol. The number of hydrogen-bond donors (Lipinski definition) is 2. The number of unbranched alkanes of at least 4 members (excludes halogenated alkanes) is 2. The zero-order valence-corrected chi connectivity index (χ0v) is 24.5. The number of para-hydroxylation sites is 1. The van der Waals surface area contributed by atoms with Crippen molar-refractivity contribution < 1.29 is 9.59 Å². The van der Waals surface area contributed by atoms with Crippen LogP contribution < -0.4 is 5.32 Å². The van der Waals surface area contributed by atoms with Gasteiger partial charge in [-0.05, 0) is 73.8 Å². The summed E-state index contributed by atoms with van der Waals surface area (Å²) >= 11 is 0. The lowest BCUT2D eigenvalue weighted by Crippen LogP contribution is -2.47. The van der Waals surface area contributed by atoms with E-state index in [9.17, 15) is 9.59 Å². The second kappa shape index (κ2) is 13.0. The van der Waals surface area contributed by atoms with Gasteiger partial charge in [0, 0.05) is 55.4 Å². The minimum absolute atomic E-state index is 0.219. The molecule has 43 heavy (non-hydrogen) atoms.